The van der Waals surface area contributed by atoms with Crippen LogP contribution in [-0.4, -0.2) is 54.8 Å². The number of aromatic hydroxyl groups is 1. The minimum Gasteiger partial charge on any atom is -0.506 e. The zero-order chi connectivity index (χ0) is 20.6. The van der Waals surface area contributed by atoms with Gasteiger partial charge in [-0.3, -0.25) is 4.79 Å². The van der Waals surface area contributed by atoms with E-state index in [1.165, 1.54) is 22.5 Å². The topological polar surface area (TPSA) is 77.9 Å². The molecule has 2 aromatic rings. The van der Waals surface area contributed by atoms with E-state index < -0.39 is 10.0 Å². The standard InChI is InChI=1S/C20H23ClN2O4S/c1-13-10-14(2)19(15(3)11-13)28(26,27)23-8-6-22(7-9-23)20(25)16-4-5-18(24)17(21)12-16/h4-5,10-12,24H,6-9H2,1-3H3. The summed E-state index contributed by atoms with van der Waals surface area (Å²) >= 11 is 5.88. The van der Waals surface area contributed by atoms with Gasteiger partial charge in [0.25, 0.3) is 5.91 Å². The van der Waals surface area contributed by atoms with Crippen LogP contribution in [0.3, 0.4) is 0 Å². The average Bonchev–Trinajstić information content (AvgIpc) is 2.62. The highest BCUT2D eigenvalue weighted by Gasteiger charge is 2.32. The van der Waals surface area contributed by atoms with Crippen molar-refractivity contribution < 1.29 is 18.3 Å². The van der Waals surface area contributed by atoms with E-state index in [2.05, 4.69) is 0 Å². The second-order valence-electron chi connectivity index (χ2n) is 7.09. The Kier molecular flexibility index (Phi) is 5.70. The fourth-order valence-corrected chi connectivity index (χ4v) is 5.67. The van der Waals surface area contributed by atoms with Gasteiger partial charge in [-0.1, -0.05) is 29.3 Å². The molecule has 0 unspecified atom stereocenters. The summed E-state index contributed by atoms with van der Waals surface area (Å²) in [7, 11) is -3.63. The SMILES string of the molecule is Cc1cc(C)c(S(=O)(=O)N2CCN(C(=O)c3ccc(O)c(Cl)c3)CC2)c(C)c1. The van der Waals surface area contributed by atoms with E-state index in [4.69, 9.17) is 11.6 Å². The molecular formula is C20H23ClN2O4S. The summed E-state index contributed by atoms with van der Waals surface area (Å²) < 4.78 is 27.7. The van der Waals surface area contributed by atoms with Gasteiger partial charge < -0.3 is 10.0 Å². The molecule has 1 amide bonds. The molecule has 0 aliphatic carbocycles. The third-order valence-corrected chi connectivity index (χ3v) is 7.43. The molecule has 8 heteroatoms. The molecule has 0 aromatic heterocycles. The zero-order valence-corrected chi connectivity index (χ0v) is 17.6. The molecule has 1 saturated heterocycles. The molecule has 1 aliphatic rings. The van der Waals surface area contributed by atoms with Gasteiger partial charge in [-0.15, -0.1) is 0 Å². The first-order chi connectivity index (χ1) is 13.1. The van der Waals surface area contributed by atoms with Gasteiger partial charge in [-0.2, -0.15) is 4.31 Å². The average molecular weight is 423 g/mol. The lowest BCUT2D eigenvalue weighted by atomic mass is 10.1. The first-order valence-corrected chi connectivity index (χ1v) is 10.8. The van der Waals surface area contributed by atoms with Crippen molar-refractivity contribution in [1.29, 1.82) is 0 Å². The van der Waals surface area contributed by atoms with Crippen molar-refractivity contribution in [3.63, 3.8) is 0 Å². The molecule has 6 nitrogen and oxygen atoms in total. The van der Waals surface area contributed by atoms with Crippen LogP contribution >= 0.6 is 11.6 Å². The van der Waals surface area contributed by atoms with Gasteiger partial charge in [-0.25, -0.2) is 8.42 Å². The van der Waals surface area contributed by atoms with E-state index >= 15 is 0 Å². The number of hydrogen-bond acceptors (Lipinski definition) is 4. The lowest BCUT2D eigenvalue weighted by Gasteiger charge is -2.34. The van der Waals surface area contributed by atoms with Crippen LogP contribution in [-0.2, 0) is 10.0 Å². The van der Waals surface area contributed by atoms with Gasteiger partial charge in [0, 0.05) is 31.7 Å². The van der Waals surface area contributed by atoms with Gasteiger partial charge in [0.1, 0.15) is 5.75 Å². The lowest BCUT2D eigenvalue weighted by molar-refractivity contribution is 0.0698. The van der Waals surface area contributed by atoms with Gasteiger partial charge in [0.05, 0.1) is 9.92 Å². The number of phenols is 1. The van der Waals surface area contributed by atoms with Gasteiger partial charge in [-0.05, 0) is 50.1 Å². The number of halogens is 1. The van der Waals surface area contributed by atoms with Crippen LogP contribution in [0.4, 0.5) is 0 Å². The quantitative estimate of drug-likeness (QED) is 0.824. The van der Waals surface area contributed by atoms with Crippen molar-refractivity contribution in [2.75, 3.05) is 26.2 Å². The van der Waals surface area contributed by atoms with E-state index in [0.717, 1.165) is 16.7 Å². The Morgan fingerprint density at radius 3 is 2.11 bits per heavy atom. The summed E-state index contributed by atoms with van der Waals surface area (Å²) in [5.41, 5.74) is 2.85. The Balaban J connectivity index is 1.76. The molecular weight excluding hydrogens is 400 g/mol. The monoisotopic (exact) mass is 422 g/mol. The molecule has 1 N–H and O–H groups in total. The predicted molar refractivity (Wildman–Crippen MR) is 108 cm³/mol. The third-order valence-electron chi connectivity index (χ3n) is 4.92. The van der Waals surface area contributed by atoms with E-state index in [1.54, 1.807) is 18.7 Å². The molecule has 0 bridgehead atoms. The number of nitrogens with zero attached hydrogens (tertiary/aromatic N) is 2. The van der Waals surface area contributed by atoms with Crippen LogP contribution < -0.4 is 0 Å². The minimum absolute atomic E-state index is 0.0852. The number of benzene rings is 2. The predicted octanol–water partition coefficient (Wildman–Crippen LogP) is 3.12. The van der Waals surface area contributed by atoms with Crippen molar-refractivity contribution >= 4 is 27.5 Å². The van der Waals surface area contributed by atoms with Crippen LogP contribution in [0, 0.1) is 20.8 Å². The number of sulfonamides is 1. The van der Waals surface area contributed by atoms with E-state index in [0.29, 0.717) is 23.5 Å². The summed E-state index contributed by atoms with van der Waals surface area (Å²) in [6, 6.07) is 8.04. The van der Waals surface area contributed by atoms with Crippen LogP contribution in [0.1, 0.15) is 27.0 Å². The Hall–Kier alpha value is -2.09. The first-order valence-electron chi connectivity index (χ1n) is 8.97. The second-order valence-corrected chi connectivity index (χ2v) is 9.37. The van der Waals surface area contributed by atoms with Crippen molar-refractivity contribution in [3.05, 3.63) is 57.6 Å². The Labute approximate surface area is 170 Å². The van der Waals surface area contributed by atoms with E-state index in [9.17, 15) is 18.3 Å². The van der Waals surface area contributed by atoms with Gasteiger partial charge >= 0.3 is 0 Å². The van der Waals surface area contributed by atoms with Crippen LogP contribution in [0.2, 0.25) is 5.02 Å². The minimum atomic E-state index is -3.63. The van der Waals surface area contributed by atoms with Crippen molar-refractivity contribution in [2.45, 2.75) is 25.7 Å². The number of carbonyl (C=O) groups excluding carboxylic acids is 1. The summed E-state index contributed by atoms with van der Waals surface area (Å²) in [6.45, 7) is 6.60. The van der Waals surface area contributed by atoms with Crippen molar-refractivity contribution in [1.82, 2.24) is 9.21 Å². The first kappa shape index (κ1) is 20.6. The summed E-state index contributed by atoms with van der Waals surface area (Å²) in [4.78, 5) is 14.6. The summed E-state index contributed by atoms with van der Waals surface area (Å²) in [5, 5.41) is 9.61. The second kappa shape index (κ2) is 7.73. The van der Waals surface area contributed by atoms with Crippen LogP contribution in [0.5, 0.6) is 5.75 Å². The molecule has 3 rings (SSSR count). The molecule has 1 aliphatic heterocycles. The molecule has 1 heterocycles. The molecule has 0 saturated carbocycles. The van der Waals surface area contributed by atoms with Crippen LogP contribution in [0.25, 0.3) is 0 Å². The Morgan fingerprint density at radius 2 is 1.57 bits per heavy atom. The fourth-order valence-electron chi connectivity index (χ4n) is 3.66. The highest BCUT2D eigenvalue weighted by molar-refractivity contribution is 7.89. The molecule has 28 heavy (non-hydrogen) atoms. The van der Waals surface area contributed by atoms with Crippen molar-refractivity contribution in [3.8, 4) is 5.75 Å². The number of phenolic OH excluding ortho intramolecular Hbond substituents is 1. The highest BCUT2D eigenvalue weighted by atomic mass is 35.5. The van der Waals surface area contributed by atoms with Crippen LogP contribution in [0.15, 0.2) is 35.2 Å². The molecule has 0 radical (unpaired) electrons. The molecule has 1 fully saturated rings. The van der Waals surface area contributed by atoms with Gasteiger partial charge in [0.15, 0.2) is 0 Å². The number of rotatable bonds is 3. The number of piperazine rings is 1. The zero-order valence-electron chi connectivity index (χ0n) is 16.1. The smallest absolute Gasteiger partial charge is 0.253 e. The largest absolute Gasteiger partial charge is 0.506 e. The Bertz CT molecular complexity index is 1010. The summed E-state index contributed by atoms with van der Waals surface area (Å²) in [5.74, 6) is -0.320. The van der Waals surface area contributed by atoms with E-state index in [-0.39, 0.29) is 29.8 Å². The third kappa shape index (κ3) is 3.87. The number of amides is 1. The Morgan fingerprint density at radius 1 is 1.00 bits per heavy atom. The maximum Gasteiger partial charge on any atom is 0.253 e. The lowest BCUT2D eigenvalue weighted by Crippen LogP contribution is -2.50. The fraction of sp³-hybridized carbons (Fsp3) is 0.350. The van der Waals surface area contributed by atoms with Gasteiger partial charge in [0.2, 0.25) is 10.0 Å². The molecule has 0 spiro atoms. The summed E-state index contributed by atoms with van der Waals surface area (Å²) in [6.07, 6.45) is 0. The van der Waals surface area contributed by atoms with E-state index in [1.807, 2.05) is 19.1 Å². The maximum atomic E-state index is 13.1. The number of carbonyl (C=O) groups is 1. The molecule has 2 aromatic carbocycles. The van der Waals surface area contributed by atoms with Crippen molar-refractivity contribution in [2.24, 2.45) is 0 Å². The molecule has 150 valence electrons. The number of aryl methyl sites for hydroxylation is 3. The highest BCUT2D eigenvalue weighted by Crippen LogP contribution is 2.27. The molecule has 0 atom stereocenters. The normalized spacial score (nSPS) is 15.6. The maximum absolute atomic E-state index is 13.1. The number of hydrogen-bond donors (Lipinski definition) is 1.